The number of benzene rings is 2. The van der Waals surface area contributed by atoms with E-state index in [1.807, 2.05) is 42.5 Å². The SMILES string of the molecule is CS(=O)(=O)N1[C@H]2CC[C@H]1CC(NC(=O)c1cccc(OCc3ccccc3)c1)C2. The summed E-state index contributed by atoms with van der Waals surface area (Å²) in [5.41, 5.74) is 1.61. The van der Waals surface area contributed by atoms with Crippen LogP contribution < -0.4 is 10.1 Å². The van der Waals surface area contributed by atoms with Crippen LogP contribution in [0, 0.1) is 0 Å². The molecule has 0 spiro atoms. The topological polar surface area (TPSA) is 75.7 Å². The molecule has 6 nitrogen and oxygen atoms in total. The highest BCUT2D eigenvalue weighted by Gasteiger charge is 2.45. The Labute approximate surface area is 171 Å². The monoisotopic (exact) mass is 414 g/mol. The number of sulfonamides is 1. The first-order valence-electron chi connectivity index (χ1n) is 9.96. The lowest BCUT2D eigenvalue weighted by Crippen LogP contribution is -2.52. The van der Waals surface area contributed by atoms with E-state index in [1.54, 1.807) is 16.4 Å². The van der Waals surface area contributed by atoms with Gasteiger partial charge in [-0.1, -0.05) is 36.4 Å². The lowest BCUT2D eigenvalue weighted by atomic mass is 9.99. The summed E-state index contributed by atoms with van der Waals surface area (Å²) in [5.74, 6) is 0.501. The molecule has 1 amide bonds. The van der Waals surface area contributed by atoms with Gasteiger partial charge in [-0.3, -0.25) is 4.79 Å². The second-order valence-corrected chi connectivity index (χ2v) is 9.81. The van der Waals surface area contributed by atoms with Crippen molar-refractivity contribution in [2.45, 2.75) is 50.4 Å². The minimum Gasteiger partial charge on any atom is -0.489 e. The number of carbonyl (C=O) groups excluding carboxylic acids is 1. The van der Waals surface area contributed by atoms with Crippen molar-refractivity contribution < 1.29 is 17.9 Å². The van der Waals surface area contributed by atoms with Crippen LogP contribution >= 0.6 is 0 Å². The number of rotatable bonds is 6. The number of fused-ring (bicyclic) bond motifs is 2. The highest BCUT2D eigenvalue weighted by Crippen LogP contribution is 2.37. The van der Waals surface area contributed by atoms with Crippen molar-refractivity contribution in [1.29, 1.82) is 0 Å². The minimum atomic E-state index is -3.20. The first-order chi connectivity index (χ1) is 13.9. The molecule has 2 saturated heterocycles. The molecule has 0 aliphatic carbocycles. The van der Waals surface area contributed by atoms with Crippen LogP contribution in [0.25, 0.3) is 0 Å². The van der Waals surface area contributed by atoms with Crippen LogP contribution in [0.3, 0.4) is 0 Å². The van der Waals surface area contributed by atoms with Crippen molar-refractivity contribution >= 4 is 15.9 Å². The first-order valence-corrected chi connectivity index (χ1v) is 11.8. The molecule has 154 valence electrons. The van der Waals surface area contributed by atoms with Crippen molar-refractivity contribution in [3.63, 3.8) is 0 Å². The summed E-state index contributed by atoms with van der Waals surface area (Å²) >= 11 is 0. The van der Waals surface area contributed by atoms with E-state index >= 15 is 0 Å². The Balaban J connectivity index is 1.37. The van der Waals surface area contributed by atoms with Gasteiger partial charge in [0.1, 0.15) is 12.4 Å². The van der Waals surface area contributed by atoms with Crippen LogP contribution in [-0.2, 0) is 16.6 Å². The number of nitrogens with zero attached hydrogens (tertiary/aromatic N) is 1. The van der Waals surface area contributed by atoms with E-state index in [2.05, 4.69) is 5.32 Å². The number of nitrogens with one attached hydrogen (secondary N) is 1. The third-order valence-electron chi connectivity index (χ3n) is 5.73. The molecular formula is C22H26N2O4S. The Hall–Kier alpha value is -2.38. The van der Waals surface area contributed by atoms with E-state index in [4.69, 9.17) is 4.74 Å². The van der Waals surface area contributed by atoms with Crippen molar-refractivity contribution in [1.82, 2.24) is 9.62 Å². The highest BCUT2D eigenvalue weighted by atomic mass is 32.2. The summed E-state index contributed by atoms with van der Waals surface area (Å²) in [4.78, 5) is 12.8. The van der Waals surface area contributed by atoms with Crippen LogP contribution in [0.4, 0.5) is 0 Å². The zero-order valence-corrected chi connectivity index (χ0v) is 17.3. The molecule has 2 aliphatic rings. The van der Waals surface area contributed by atoms with E-state index in [0.717, 1.165) is 18.4 Å². The smallest absolute Gasteiger partial charge is 0.251 e. The number of piperidine rings is 1. The van der Waals surface area contributed by atoms with E-state index in [-0.39, 0.29) is 24.0 Å². The van der Waals surface area contributed by atoms with E-state index < -0.39 is 10.0 Å². The van der Waals surface area contributed by atoms with Gasteiger partial charge >= 0.3 is 0 Å². The van der Waals surface area contributed by atoms with Crippen molar-refractivity contribution in [3.05, 3.63) is 65.7 Å². The van der Waals surface area contributed by atoms with Gasteiger partial charge in [0, 0.05) is 23.7 Å². The third kappa shape index (κ3) is 4.62. The lowest BCUT2D eigenvalue weighted by Gasteiger charge is -2.37. The molecule has 0 unspecified atom stereocenters. The van der Waals surface area contributed by atoms with Gasteiger partial charge in [-0.25, -0.2) is 8.42 Å². The highest BCUT2D eigenvalue weighted by molar-refractivity contribution is 7.88. The molecule has 1 N–H and O–H groups in total. The molecular weight excluding hydrogens is 388 g/mol. The van der Waals surface area contributed by atoms with Crippen LogP contribution in [-0.4, -0.2) is 43.0 Å². The van der Waals surface area contributed by atoms with E-state index in [9.17, 15) is 13.2 Å². The average Bonchev–Trinajstić information content (AvgIpc) is 2.99. The molecule has 0 aromatic heterocycles. The summed E-state index contributed by atoms with van der Waals surface area (Å²) in [6.45, 7) is 0.444. The zero-order chi connectivity index (χ0) is 20.4. The number of carbonyl (C=O) groups is 1. The summed E-state index contributed by atoms with van der Waals surface area (Å²) in [6.07, 6.45) is 4.34. The molecule has 0 radical (unpaired) electrons. The summed E-state index contributed by atoms with van der Waals surface area (Å²) in [7, 11) is -3.20. The second-order valence-electron chi connectivity index (χ2n) is 7.92. The average molecular weight is 415 g/mol. The molecule has 2 aromatic carbocycles. The fraction of sp³-hybridized carbons (Fsp3) is 0.409. The Kier molecular flexibility index (Phi) is 5.61. The summed E-state index contributed by atoms with van der Waals surface area (Å²) in [6, 6.07) is 17.0. The summed E-state index contributed by atoms with van der Waals surface area (Å²) in [5, 5.41) is 3.09. The third-order valence-corrected chi connectivity index (χ3v) is 7.09. The van der Waals surface area contributed by atoms with Gasteiger partial charge in [0.2, 0.25) is 10.0 Å². The quantitative estimate of drug-likeness (QED) is 0.789. The molecule has 2 atom stereocenters. The molecule has 7 heteroatoms. The Bertz CT molecular complexity index is 963. The Morgan fingerprint density at radius 1 is 1.07 bits per heavy atom. The van der Waals surface area contributed by atoms with Crippen molar-refractivity contribution in [2.24, 2.45) is 0 Å². The molecule has 0 saturated carbocycles. The largest absolute Gasteiger partial charge is 0.489 e. The fourth-order valence-electron chi connectivity index (χ4n) is 4.53. The normalized spacial score (nSPS) is 24.2. The molecule has 29 heavy (non-hydrogen) atoms. The van der Waals surface area contributed by atoms with E-state index in [1.165, 1.54) is 6.26 Å². The number of hydrogen-bond acceptors (Lipinski definition) is 4. The van der Waals surface area contributed by atoms with Crippen LogP contribution in [0.5, 0.6) is 5.75 Å². The van der Waals surface area contributed by atoms with Crippen molar-refractivity contribution in [3.8, 4) is 5.75 Å². The van der Waals surface area contributed by atoms with Gasteiger partial charge < -0.3 is 10.1 Å². The maximum Gasteiger partial charge on any atom is 0.251 e. The molecule has 2 bridgehead atoms. The van der Waals surface area contributed by atoms with Gasteiger partial charge in [0.05, 0.1) is 6.26 Å². The lowest BCUT2D eigenvalue weighted by molar-refractivity contribution is 0.0909. The minimum absolute atomic E-state index is 0.00501. The molecule has 2 heterocycles. The van der Waals surface area contributed by atoms with Crippen LogP contribution in [0.15, 0.2) is 54.6 Å². The second kappa shape index (κ2) is 8.16. The Morgan fingerprint density at radius 2 is 1.76 bits per heavy atom. The maximum absolute atomic E-state index is 12.8. The molecule has 2 aliphatic heterocycles. The predicted octanol–water partition coefficient (Wildman–Crippen LogP) is 2.95. The van der Waals surface area contributed by atoms with Gasteiger partial charge in [0.25, 0.3) is 5.91 Å². The van der Waals surface area contributed by atoms with Gasteiger partial charge in [-0.2, -0.15) is 4.31 Å². The van der Waals surface area contributed by atoms with Crippen molar-refractivity contribution in [2.75, 3.05) is 6.26 Å². The Morgan fingerprint density at radius 3 is 2.41 bits per heavy atom. The summed E-state index contributed by atoms with van der Waals surface area (Å²) < 4.78 is 31.5. The number of ether oxygens (including phenoxy) is 1. The van der Waals surface area contributed by atoms with E-state index in [0.29, 0.717) is 30.8 Å². The van der Waals surface area contributed by atoms with Crippen LogP contribution in [0.1, 0.15) is 41.6 Å². The number of hydrogen-bond donors (Lipinski definition) is 1. The standard InChI is InChI=1S/C22H26N2O4S/c1-29(26,27)24-19-10-11-20(24)14-18(13-19)23-22(25)17-8-5-9-21(12-17)28-15-16-6-3-2-4-7-16/h2-9,12,18-20H,10-11,13-15H2,1H3,(H,23,25)/t19-,20-/m0/s1. The van der Waals surface area contributed by atoms with Gasteiger partial charge in [-0.15, -0.1) is 0 Å². The first kappa shape index (κ1) is 19.9. The number of amides is 1. The molecule has 2 fully saturated rings. The molecule has 4 rings (SSSR count). The fourth-order valence-corrected chi connectivity index (χ4v) is 6.00. The predicted molar refractivity (Wildman–Crippen MR) is 111 cm³/mol. The van der Waals surface area contributed by atoms with Gasteiger partial charge in [0.15, 0.2) is 0 Å². The van der Waals surface area contributed by atoms with Gasteiger partial charge in [-0.05, 0) is 49.4 Å². The zero-order valence-electron chi connectivity index (χ0n) is 16.5. The van der Waals surface area contributed by atoms with Crippen LogP contribution in [0.2, 0.25) is 0 Å². The maximum atomic E-state index is 12.8. The molecule has 2 aromatic rings.